The lowest BCUT2D eigenvalue weighted by Crippen LogP contribution is -2.10. The van der Waals surface area contributed by atoms with E-state index in [4.69, 9.17) is 6.42 Å². The molecule has 1 atom stereocenters. The third kappa shape index (κ3) is 3.44. The van der Waals surface area contributed by atoms with Gasteiger partial charge in [0.2, 0.25) is 0 Å². The fraction of sp³-hybridized carbons (Fsp3) is 0.0667. The molecule has 0 bridgehead atoms. The maximum atomic E-state index is 11.5. The van der Waals surface area contributed by atoms with E-state index in [1.54, 1.807) is 7.05 Å². The first kappa shape index (κ1) is 13.3. The van der Waals surface area contributed by atoms with Gasteiger partial charge in [0.15, 0.2) is 0 Å². The Kier molecular flexibility index (Phi) is 4.35. The normalized spacial score (nSPS) is 11.6. The van der Waals surface area contributed by atoms with Crippen LogP contribution in [0.2, 0.25) is 0 Å². The molecule has 0 aliphatic carbocycles. The predicted molar refractivity (Wildman–Crippen MR) is 79.6 cm³/mol. The second-order valence-corrected chi connectivity index (χ2v) is 5.26. The van der Waals surface area contributed by atoms with E-state index >= 15 is 0 Å². The Morgan fingerprint density at radius 3 is 2.47 bits per heavy atom. The molecule has 0 aliphatic rings. The van der Waals surface area contributed by atoms with Crippen molar-refractivity contribution in [2.75, 3.05) is 12.4 Å². The van der Waals surface area contributed by atoms with Gasteiger partial charge in [0, 0.05) is 16.9 Å². The van der Waals surface area contributed by atoms with Crippen molar-refractivity contribution in [3.8, 4) is 12.3 Å². The van der Waals surface area contributed by atoms with Gasteiger partial charge in [-0.2, -0.15) is 0 Å². The van der Waals surface area contributed by atoms with E-state index < -0.39 is 11.0 Å². The first-order valence-corrected chi connectivity index (χ1v) is 6.91. The summed E-state index contributed by atoms with van der Waals surface area (Å²) in [4.78, 5) is 0.741. The molecule has 0 aliphatic heterocycles. The number of anilines is 2. The molecule has 3 nitrogen and oxygen atoms in total. The van der Waals surface area contributed by atoms with Gasteiger partial charge < -0.3 is 5.32 Å². The molecular weight excluding hydrogens is 256 g/mol. The molecule has 2 rings (SSSR count). The molecule has 0 saturated heterocycles. The van der Waals surface area contributed by atoms with Gasteiger partial charge in [0.25, 0.3) is 0 Å². The van der Waals surface area contributed by atoms with Crippen LogP contribution >= 0.6 is 0 Å². The molecule has 0 radical (unpaired) electrons. The fourth-order valence-corrected chi connectivity index (χ4v) is 2.25. The van der Waals surface area contributed by atoms with Crippen LogP contribution in [0.25, 0.3) is 0 Å². The minimum Gasteiger partial charge on any atom is -0.355 e. The molecule has 0 spiro atoms. The minimum absolute atomic E-state index is 0.741. The molecule has 2 aromatic carbocycles. The SMILES string of the molecule is C#Cc1cccc(Nc2ccc(S(=O)NC)cc2)c1. The topological polar surface area (TPSA) is 41.1 Å². The molecule has 0 amide bonds. The molecule has 19 heavy (non-hydrogen) atoms. The zero-order chi connectivity index (χ0) is 13.7. The molecule has 96 valence electrons. The third-order valence-electron chi connectivity index (χ3n) is 2.57. The van der Waals surface area contributed by atoms with E-state index in [1.165, 1.54) is 0 Å². The highest BCUT2D eigenvalue weighted by atomic mass is 32.2. The van der Waals surface area contributed by atoms with Crippen molar-refractivity contribution >= 4 is 22.4 Å². The zero-order valence-corrected chi connectivity index (χ0v) is 11.3. The molecule has 2 N–H and O–H groups in total. The van der Waals surface area contributed by atoms with Crippen LogP contribution in [0.15, 0.2) is 53.4 Å². The Balaban J connectivity index is 2.15. The maximum Gasteiger partial charge on any atom is 0.124 e. The van der Waals surface area contributed by atoms with Crippen LogP contribution in [0.4, 0.5) is 11.4 Å². The summed E-state index contributed by atoms with van der Waals surface area (Å²) >= 11 is 0. The molecular formula is C15H14N2OS. The first-order chi connectivity index (χ1) is 9.22. The van der Waals surface area contributed by atoms with Crippen molar-refractivity contribution in [2.24, 2.45) is 0 Å². The van der Waals surface area contributed by atoms with Gasteiger partial charge in [-0.15, -0.1) is 6.42 Å². The highest BCUT2D eigenvalue weighted by molar-refractivity contribution is 7.83. The highest BCUT2D eigenvalue weighted by Gasteiger charge is 2.01. The summed E-state index contributed by atoms with van der Waals surface area (Å²) in [6, 6.07) is 15.0. The first-order valence-electron chi connectivity index (χ1n) is 5.76. The highest BCUT2D eigenvalue weighted by Crippen LogP contribution is 2.18. The number of nitrogens with one attached hydrogen (secondary N) is 2. The van der Waals surface area contributed by atoms with E-state index in [2.05, 4.69) is 16.0 Å². The smallest absolute Gasteiger partial charge is 0.124 e. The van der Waals surface area contributed by atoms with Gasteiger partial charge in [-0.3, -0.25) is 0 Å². The van der Waals surface area contributed by atoms with Crippen LogP contribution in [0, 0.1) is 12.3 Å². The van der Waals surface area contributed by atoms with E-state index in [-0.39, 0.29) is 0 Å². The van der Waals surface area contributed by atoms with Gasteiger partial charge >= 0.3 is 0 Å². The van der Waals surface area contributed by atoms with Gasteiger partial charge in [-0.1, -0.05) is 12.0 Å². The lowest BCUT2D eigenvalue weighted by molar-refractivity contribution is 0.678. The summed E-state index contributed by atoms with van der Waals surface area (Å²) in [6.07, 6.45) is 5.36. The van der Waals surface area contributed by atoms with Crippen molar-refractivity contribution in [3.05, 3.63) is 54.1 Å². The Morgan fingerprint density at radius 1 is 1.11 bits per heavy atom. The summed E-state index contributed by atoms with van der Waals surface area (Å²) in [5, 5.41) is 3.25. The van der Waals surface area contributed by atoms with Crippen molar-refractivity contribution in [2.45, 2.75) is 4.90 Å². The molecule has 0 saturated carbocycles. The van der Waals surface area contributed by atoms with E-state index in [0.717, 1.165) is 21.8 Å². The lowest BCUT2D eigenvalue weighted by Gasteiger charge is -2.07. The van der Waals surface area contributed by atoms with E-state index in [9.17, 15) is 4.21 Å². The molecule has 0 heterocycles. The van der Waals surface area contributed by atoms with Crippen LogP contribution < -0.4 is 10.0 Å². The van der Waals surface area contributed by atoms with Crippen LogP contribution in [0.5, 0.6) is 0 Å². The second kappa shape index (κ2) is 6.19. The average molecular weight is 270 g/mol. The summed E-state index contributed by atoms with van der Waals surface area (Å²) < 4.78 is 14.2. The summed E-state index contributed by atoms with van der Waals surface area (Å²) in [7, 11) is 0.506. The Hall–Kier alpha value is -2.09. The molecule has 1 unspecified atom stereocenters. The zero-order valence-electron chi connectivity index (χ0n) is 10.5. The Bertz CT molecular complexity index is 629. The van der Waals surface area contributed by atoms with Crippen LogP contribution in [-0.2, 0) is 11.0 Å². The van der Waals surface area contributed by atoms with Gasteiger partial charge in [0.05, 0.1) is 4.90 Å². The lowest BCUT2D eigenvalue weighted by atomic mass is 10.2. The molecule has 2 aromatic rings. The largest absolute Gasteiger partial charge is 0.355 e. The number of benzene rings is 2. The van der Waals surface area contributed by atoms with Crippen molar-refractivity contribution < 1.29 is 4.21 Å². The van der Waals surface area contributed by atoms with Gasteiger partial charge in [0.1, 0.15) is 11.0 Å². The predicted octanol–water partition coefficient (Wildman–Crippen LogP) is 2.65. The van der Waals surface area contributed by atoms with Crippen LogP contribution in [-0.4, -0.2) is 11.3 Å². The van der Waals surface area contributed by atoms with Crippen molar-refractivity contribution in [3.63, 3.8) is 0 Å². The third-order valence-corrected chi connectivity index (χ3v) is 3.64. The quantitative estimate of drug-likeness (QED) is 0.839. The average Bonchev–Trinajstić information content (AvgIpc) is 2.47. The Labute approximate surface area is 115 Å². The van der Waals surface area contributed by atoms with E-state index in [1.807, 2.05) is 48.5 Å². The summed E-state index contributed by atoms with van der Waals surface area (Å²) in [5.41, 5.74) is 2.68. The number of hydrogen-bond donors (Lipinski definition) is 2. The van der Waals surface area contributed by atoms with Gasteiger partial charge in [-0.05, 0) is 49.5 Å². The fourth-order valence-electron chi connectivity index (χ4n) is 1.63. The number of terminal acetylenes is 1. The number of hydrogen-bond acceptors (Lipinski definition) is 2. The Morgan fingerprint density at radius 2 is 1.84 bits per heavy atom. The molecule has 4 heteroatoms. The van der Waals surface area contributed by atoms with Crippen LogP contribution in [0.3, 0.4) is 0 Å². The standard InChI is InChI=1S/C15H14N2OS/c1-3-12-5-4-6-14(11-12)17-13-7-9-15(10-8-13)19(18)16-2/h1,4-11,16-17H,2H3. The summed E-state index contributed by atoms with van der Waals surface area (Å²) in [5.74, 6) is 2.60. The molecule has 0 fully saturated rings. The van der Waals surface area contributed by atoms with Gasteiger partial charge in [-0.25, -0.2) is 8.93 Å². The second-order valence-electron chi connectivity index (χ2n) is 3.85. The monoisotopic (exact) mass is 270 g/mol. The maximum absolute atomic E-state index is 11.5. The van der Waals surface area contributed by atoms with E-state index in [0.29, 0.717) is 0 Å². The molecule has 0 aromatic heterocycles. The summed E-state index contributed by atoms with van der Waals surface area (Å²) in [6.45, 7) is 0. The van der Waals surface area contributed by atoms with Crippen molar-refractivity contribution in [1.29, 1.82) is 0 Å². The minimum atomic E-state index is -1.15. The number of rotatable bonds is 4. The van der Waals surface area contributed by atoms with Crippen LogP contribution in [0.1, 0.15) is 5.56 Å². The van der Waals surface area contributed by atoms with Crippen molar-refractivity contribution in [1.82, 2.24) is 4.72 Å².